The fourth-order valence-corrected chi connectivity index (χ4v) is 1.07. The maximum Gasteiger partial charge on any atom is 0.338 e. The highest BCUT2D eigenvalue weighted by molar-refractivity contribution is 5.99. The smallest absolute Gasteiger partial charge is 0.338 e. The molecular formula is C11H17N3O3. The average Bonchev–Trinajstić information content (AvgIpc) is 2.32. The van der Waals surface area contributed by atoms with Crippen LogP contribution in [0.4, 0.5) is 0 Å². The van der Waals surface area contributed by atoms with Gasteiger partial charge in [-0.2, -0.15) is 0 Å². The lowest BCUT2D eigenvalue weighted by molar-refractivity contribution is -0.143. The number of aliphatic carboxylic acids is 1. The molecule has 0 radical (unpaired) electrons. The van der Waals surface area contributed by atoms with E-state index in [-0.39, 0.29) is 5.78 Å². The molecule has 0 amide bonds. The molecule has 6 nitrogen and oxygen atoms in total. The second-order valence-corrected chi connectivity index (χ2v) is 3.31. The Bertz CT molecular complexity index is 377. The van der Waals surface area contributed by atoms with E-state index in [0.29, 0.717) is 5.56 Å². The maximum absolute atomic E-state index is 11.5. The molecule has 17 heavy (non-hydrogen) atoms. The Hall–Kier alpha value is -1.76. The number of carbonyl (C=O) groups excluding carboxylic acids is 1. The highest BCUT2D eigenvalue weighted by atomic mass is 16.4. The van der Waals surface area contributed by atoms with Gasteiger partial charge in [0.2, 0.25) is 0 Å². The molecule has 1 rings (SSSR count). The summed E-state index contributed by atoms with van der Waals surface area (Å²) < 4.78 is 0. The quantitative estimate of drug-likeness (QED) is 0.415. The van der Waals surface area contributed by atoms with Crippen LogP contribution in [0.2, 0.25) is 0 Å². The van der Waals surface area contributed by atoms with Gasteiger partial charge in [0.25, 0.3) is 0 Å². The van der Waals surface area contributed by atoms with Crippen molar-refractivity contribution in [3.8, 4) is 0 Å². The lowest BCUT2D eigenvalue weighted by atomic mass is 10.00. The molecule has 0 spiro atoms. The van der Waals surface area contributed by atoms with E-state index in [0.717, 1.165) is 0 Å². The Morgan fingerprint density at radius 1 is 1.18 bits per heavy atom. The third-order valence-electron chi connectivity index (χ3n) is 1.95. The highest BCUT2D eigenvalue weighted by Crippen LogP contribution is 2.08. The average molecular weight is 239 g/mol. The first-order valence-corrected chi connectivity index (χ1v) is 4.90. The van der Waals surface area contributed by atoms with Crippen molar-refractivity contribution in [2.75, 3.05) is 7.05 Å². The van der Waals surface area contributed by atoms with Crippen molar-refractivity contribution in [1.82, 2.24) is 0 Å². The summed E-state index contributed by atoms with van der Waals surface area (Å²) in [6.45, 7) is 0. The Balaban J connectivity index is 0.00000121. The molecule has 0 heterocycles. The minimum Gasteiger partial charge on any atom is -0.479 e. The molecule has 0 unspecified atom stereocenters. The van der Waals surface area contributed by atoms with Crippen LogP contribution in [0.15, 0.2) is 30.3 Å². The topological polar surface area (TPSA) is 132 Å². The Morgan fingerprint density at radius 3 is 2.06 bits per heavy atom. The molecule has 0 saturated heterocycles. The zero-order chi connectivity index (χ0) is 13.5. The van der Waals surface area contributed by atoms with Crippen molar-refractivity contribution in [3.63, 3.8) is 0 Å². The Kier molecular flexibility index (Phi) is 6.05. The van der Waals surface area contributed by atoms with Crippen LogP contribution in [0.5, 0.6) is 0 Å². The van der Waals surface area contributed by atoms with E-state index in [9.17, 15) is 9.59 Å². The van der Waals surface area contributed by atoms with Gasteiger partial charge in [0.15, 0.2) is 11.4 Å². The van der Waals surface area contributed by atoms with Gasteiger partial charge in [-0.3, -0.25) is 4.79 Å². The van der Waals surface area contributed by atoms with Crippen LogP contribution in [0.25, 0.3) is 0 Å². The van der Waals surface area contributed by atoms with Crippen LogP contribution >= 0.6 is 0 Å². The minimum atomic E-state index is -2.01. The molecule has 0 aromatic heterocycles. The molecule has 0 fully saturated rings. The van der Waals surface area contributed by atoms with Crippen LogP contribution in [0.1, 0.15) is 16.8 Å². The van der Waals surface area contributed by atoms with E-state index in [1.165, 1.54) is 7.05 Å². The van der Waals surface area contributed by atoms with Gasteiger partial charge < -0.3 is 22.3 Å². The summed E-state index contributed by atoms with van der Waals surface area (Å²) in [5, 5.41) is 8.63. The van der Waals surface area contributed by atoms with Crippen molar-refractivity contribution >= 4 is 11.8 Å². The van der Waals surface area contributed by atoms with Crippen LogP contribution in [0, 0.1) is 0 Å². The molecule has 0 atom stereocenters. The van der Waals surface area contributed by atoms with E-state index in [1.54, 1.807) is 30.3 Å². The van der Waals surface area contributed by atoms with E-state index in [1.807, 2.05) is 0 Å². The monoisotopic (exact) mass is 239 g/mol. The summed E-state index contributed by atoms with van der Waals surface area (Å²) >= 11 is 0. The van der Waals surface area contributed by atoms with Crippen molar-refractivity contribution < 1.29 is 14.7 Å². The van der Waals surface area contributed by atoms with E-state index < -0.39 is 18.1 Å². The first-order chi connectivity index (χ1) is 7.93. The molecule has 0 bridgehead atoms. The molecule has 0 saturated carbocycles. The first kappa shape index (κ1) is 15.2. The standard InChI is InChI=1S/C10H12N2O3.CH5N/c11-10(12,9(14)15)6-8(13)7-4-2-1-3-5-7;1-2/h1-5H,6,11-12H2,(H,14,15);2H2,1H3. The molecule has 0 aliphatic carbocycles. The van der Waals surface area contributed by atoms with Gasteiger partial charge in [-0.05, 0) is 7.05 Å². The van der Waals surface area contributed by atoms with Gasteiger partial charge in [-0.15, -0.1) is 0 Å². The number of benzene rings is 1. The summed E-state index contributed by atoms with van der Waals surface area (Å²) in [5.41, 5.74) is 13.4. The molecular weight excluding hydrogens is 222 g/mol. The number of carboxylic acid groups (broad SMARTS) is 1. The molecule has 6 heteroatoms. The van der Waals surface area contributed by atoms with Crippen LogP contribution in [-0.4, -0.2) is 29.6 Å². The fourth-order valence-electron chi connectivity index (χ4n) is 1.07. The lowest BCUT2D eigenvalue weighted by Crippen LogP contribution is -2.57. The number of Topliss-reactive ketones (excluding diaryl/α,β-unsaturated/α-hetero) is 1. The molecule has 0 aliphatic rings. The normalized spacial score (nSPS) is 10.1. The molecule has 1 aromatic rings. The maximum atomic E-state index is 11.5. The van der Waals surface area contributed by atoms with Gasteiger partial charge >= 0.3 is 5.97 Å². The molecule has 94 valence electrons. The third kappa shape index (κ3) is 4.73. The summed E-state index contributed by atoms with van der Waals surface area (Å²) in [6.07, 6.45) is -0.424. The van der Waals surface area contributed by atoms with E-state index >= 15 is 0 Å². The zero-order valence-corrected chi connectivity index (χ0v) is 9.59. The van der Waals surface area contributed by atoms with Gasteiger partial charge in [0, 0.05) is 5.56 Å². The fraction of sp³-hybridized carbons (Fsp3) is 0.273. The third-order valence-corrected chi connectivity index (χ3v) is 1.95. The number of carboxylic acids is 1. The second kappa shape index (κ2) is 6.74. The molecule has 0 aliphatic heterocycles. The first-order valence-electron chi connectivity index (χ1n) is 4.90. The van der Waals surface area contributed by atoms with Crippen LogP contribution < -0.4 is 17.2 Å². The summed E-state index contributed by atoms with van der Waals surface area (Å²) in [6, 6.07) is 8.29. The minimum absolute atomic E-state index is 0.386. The lowest BCUT2D eigenvalue weighted by Gasteiger charge is -2.17. The Labute approximate surface area is 99.4 Å². The van der Waals surface area contributed by atoms with Crippen molar-refractivity contribution in [2.24, 2.45) is 17.2 Å². The summed E-state index contributed by atoms with van der Waals surface area (Å²) in [5.74, 6) is -1.78. The van der Waals surface area contributed by atoms with Crippen molar-refractivity contribution in [3.05, 3.63) is 35.9 Å². The Morgan fingerprint density at radius 2 is 1.65 bits per heavy atom. The highest BCUT2D eigenvalue weighted by Gasteiger charge is 2.31. The van der Waals surface area contributed by atoms with Crippen molar-refractivity contribution in [2.45, 2.75) is 12.1 Å². The van der Waals surface area contributed by atoms with Crippen LogP contribution in [-0.2, 0) is 4.79 Å². The van der Waals surface area contributed by atoms with Gasteiger partial charge in [-0.1, -0.05) is 30.3 Å². The number of nitrogens with two attached hydrogens (primary N) is 3. The number of ketones is 1. The molecule has 1 aromatic carbocycles. The molecule has 7 N–H and O–H groups in total. The number of rotatable bonds is 4. The number of hydrogen-bond acceptors (Lipinski definition) is 5. The largest absolute Gasteiger partial charge is 0.479 e. The van der Waals surface area contributed by atoms with E-state index in [4.69, 9.17) is 16.6 Å². The predicted molar refractivity (Wildman–Crippen MR) is 64.2 cm³/mol. The summed E-state index contributed by atoms with van der Waals surface area (Å²) in [4.78, 5) is 22.1. The predicted octanol–water partition coefficient (Wildman–Crippen LogP) is -0.467. The zero-order valence-electron chi connectivity index (χ0n) is 9.59. The summed E-state index contributed by atoms with van der Waals surface area (Å²) in [7, 11) is 1.50. The van der Waals surface area contributed by atoms with Gasteiger partial charge in [-0.25, -0.2) is 4.79 Å². The SMILES string of the molecule is CN.NC(N)(CC(=O)c1ccccc1)C(=O)O. The number of carbonyl (C=O) groups is 2. The van der Waals surface area contributed by atoms with Crippen LogP contribution in [0.3, 0.4) is 0 Å². The van der Waals surface area contributed by atoms with Crippen molar-refractivity contribution in [1.29, 1.82) is 0 Å². The second-order valence-electron chi connectivity index (χ2n) is 3.31. The number of hydrogen-bond donors (Lipinski definition) is 4. The van der Waals surface area contributed by atoms with E-state index in [2.05, 4.69) is 5.73 Å². The van der Waals surface area contributed by atoms with Gasteiger partial charge in [0.1, 0.15) is 0 Å². The van der Waals surface area contributed by atoms with Gasteiger partial charge in [0.05, 0.1) is 6.42 Å².